The van der Waals surface area contributed by atoms with Crippen LogP contribution in [0.4, 0.5) is 0 Å². The summed E-state index contributed by atoms with van der Waals surface area (Å²) in [5, 5.41) is 11.1. The molecule has 0 aromatic heterocycles. The lowest BCUT2D eigenvalue weighted by molar-refractivity contribution is -0.137. The van der Waals surface area contributed by atoms with Gasteiger partial charge in [-0.25, -0.2) is 0 Å². The number of carbonyl (C=O) groups is 3. The van der Waals surface area contributed by atoms with Crippen molar-refractivity contribution < 1.29 is 19.5 Å². The molecule has 2 aliphatic heterocycles. The molecule has 2 heterocycles. The van der Waals surface area contributed by atoms with Gasteiger partial charge in [-0.05, 0) is 18.6 Å². The van der Waals surface area contributed by atoms with Crippen molar-refractivity contribution in [1.29, 1.82) is 0 Å². The van der Waals surface area contributed by atoms with E-state index < -0.39 is 11.5 Å². The third-order valence-corrected chi connectivity index (χ3v) is 5.59. The van der Waals surface area contributed by atoms with Crippen LogP contribution in [0.15, 0.2) is 24.3 Å². The van der Waals surface area contributed by atoms with E-state index in [9.17, 15) is 14.4 Å². The van der Waals surface area contributed by atoms with Crippen LogP contribution in [0.1, 0.15) is 34.6 Å². The van der Waals surface area contributed by atoms with E-state index in [4.69, 9.17) is 5.11 Å². The quantitative estimate of drug-likeness (QED) is 0.871. The van der Waals surface area contributed by atoms with Gasteiger partial charge in [0.2, 0.25) is 5.91 Å². The summed E-state index contributed by atoms with van der Waals surface area (Å²) in [5.41, 5.74) is 0.632. The van der Waals surface area contributed by atoms with Gasteiger partial charge in [0.25, 0.3) is 5.91 Å². The second kappa shape index (κ2) is 5.31. The van der Waals surface area contributed by atoms with Gasteiger partial charge in [0.05, 0.1) is 6.42 Å². The average Bonchev–Trinajstić information content (AvgIpc) is 2.98. The van der Waals surface area contributed by atoms with Gasteiger partial charge in [-0.2, -0.15) is 0 Å². The molecule has 2 aliphatic rings. The Hall–Kier alpha value is -2.02. The number of carboxylic acids is 1. The Morgan fingerprint density at radius 3 is 2.91 bits per heavy atom. The van der Waals surface area contributed by atoms with E-state index in [-0.39, 0.29) is 30.2 Å². The molecule has 0 spiro atoms. The van der Waals surface area contributed by atoms with Gasteiger partial charge in [-0.15, -0.1) is 11.8 Å². The molecule has 2 N–H and O–H groups in total. The van der Waals surface area contributed by atoms with Crippen LogP contribution >= 0.6 is 11.8 Å². The zero-order valence-corrected chi connectivity index (χ0v) is 12.9. The van der Waals surface area contributed by atoms with Crippen LogP contribution in [0.25, 0.3) is 0 Å². The maximum absolute atomic E-state index is 12.6. The molecule has 0 saturated carbocycles. The Balaban J connectivity index is 1.81. The molecule has 1 unspecified atom stereocenters. The predicted octanol–water partition coefficient (Wildman–Crippen LogP) is 1.24. The zero-order chi connectivity index (χ0) is 15.9. The fraction of sp³-hybridized carbons (Fsp3) is 0.400. The van der Waals surface area contributed by atoms with Crippen molar-refractivity contribution in [3.05, 3.63) is 35.4 Å². The van der Waals surface area contributed by atoms with Gasteiger partial charge < -0.3 is 15.3 Å². The summed E-state index contributed by atoms with van der Waals surface area (Å²) in [5.74, 6) is -0.906. The molecule has 0 aliphatic carbocycles. The van der Waals surface area contributed by atoms with Crippen LogP contribution in [0.2, 0.25) is 0 Å². The summed E-state index contributed by atoms with van der Waals surface area (Å²) >= 11 is 1.56. The summed E-state index contributed by atoms with van der Waals surface area (Å²) in [6.07, 6.45) is -0.132. The van der Waals surface area contributed by atoms with E-state index >= 15 is 0 Å². The highest BCUT2D eigenvalue weighted by atomic mass is 32.2. The van der Waals surface area contributed by atoms with Crippen molar-refractivity contribution in [3.63, 3.8) is 0 Å². The highest BCUT2D eigenvalue weighted by Gasteiger charge is 2.55. The smallest absolute Gasteiger partial charge is 0.305 e. The van der Waals surface area contributed by atoms with E-state index in [1.54, 1.807) is 29.7 Å². The first-order valence-corrected chi connectivity index (χ1v) is 8.04. The van der Waals surface area contributed by atoms with Crippen LogP contribution in [0.5, 0.6) is 0 Å². The number of amides is 2. The first kappa shape index (κ1) is 14.9. The molecule has 0 bridgehead atoms. The fourth-order valence-electron chi connectivity index (χ4n) is 2.89. The number of nitrogens with one attached hydrogen (secondary N) is 1. The van der Waals surface area contributed by atoms with Crippen LogP contribution in [-0.2, 0) is 9.59 Å². The van der Waals surface area contributed by atoms with Crippen LogP contribution in [0, 0.1) is 0 Å². The predicted molar refractivity (Wildman–Crippen MR) is 81.5 cm³/mol. The number of carbonyl (C=O) groups excluding carboxylic acids is 2. The number of hydrogen-bond acceptors (Lipinski definition) is 4. The topological polar surface area (TPSA) is 86.7 Å². The molecule has 2 amide bonds. The maximum atomic E-state index is 12.6. The van der Waals surface area contributed by atoms with Crippen molar-refractivity contribution in [2.75, 3.05) is 12.3 Å². The van der Waals surface area contributed by atoms with Crippen molar-refractivity contribution in [2.24, 2.45) is 0 Å². The molecule has 2 atom stereocenters. The number of thioether (sulfide) groups is 1. The first-order valence-electron chi connectivity index (χ1n) is 6.99. The standard InChI is InChI=1S/C15H16N2O4S/c1-15(14(21)16-7-6-11(18)19)8-22-13-10-5-3-2-4-9(10)12(20)17(13)15/h2-5,13H,6-8H2,1H3,(H,16,21)(H,18,19)/t13?,15-/m1/s1. The highest BCUT2D eigenvalue weighted by Crippen LogP contribution is 2.52. The summed E-state index contributed by atoms with van der Waals surface area (Å²) in [4.78, 5) is 37.3. The van der Waals surface area contributed by atoms with Gasteiger partial charge in [0.1, 0.15) is 10.9 Å². The van der Waals surface area contributed by atoms with Crippen molar-refractivity contribution in [2.45, 2.75) is 24.3 Å². The summed E-state index contributed by atoms with van der Waals surface area (Å²) in [6, 6.07) is 7.39. The molecule has 6 nitrogen and oxygen atoms in total. The summed E-state index contributed by atoms with van der Waals surface area (Å²) in [7, 11) is 0. The molecule has 1 aromatic carbocycles. The fourth-order valence-corrected chi connectivity index (χ4v) is 4.50. The molecule has 1 aromatic rings. The number of hydrogen-bond donors (Lipinski definition) is 2. The Morgan fingerprint density at radius 1 is 1.45 bits per heavy atom. The van der Waals surface area contributed by atoms with Crippen LogP contribution in [0.3, 0.4) is 0 Å². The molecule has 7 heteroatoms. The Morgan fingerprint density at radius 2 is 2.18 bits per heavy atom. The number of benzene rings is 1. The SMILES string of the molecule is C[C@]1(C(=O)NCCC(=O)O)CSC2c3ccccc3C(=O)N21. The highest BCUT2D eigenvalue weighted by molar-refractivity contribution is 7.99. The molecular formula is C15H16N2O4S. The molecule has 3 rings (SSSR count). The van der Waals surface area contributed by atoms with E-state index in [1.807, 2.05) is 18.2 Å². The number of fused-ring (bicyclic) bond motifs is 3. The monoisotopic (exact) mass is 320 g/mol. The minimum atomic E-state index is -0.964. The van der Waals surface area contributed by atoms with Crippen molar-refractivity contribution >= 4 is 29.5 Å². The molecular weight excluding hydrogens is 304 g/mol. The zero-order valence-electron chi connectivity index (χ0n) is 12.0. The summed E-state index contributed by atoms with van der Waals surface area (Å²) in [6.45, 7) is 1.80. The Kier molecular flexibility index (Phi) is 3.60. The van der Waals surface area contributed by atoms with Gasteiger partial charge >= 0.3 is 5.97 Å². The normalized spacial score (nSPS) is 25.8. The largest absolute Gasteiger partial charge is 0.481 e. The van der Waals surface area contributed by atoms with Gasteiger partial charge in [0, 0.05) is 17.9 Å². The van der Waals surface area contributed by atoms with Gasteiger partial charge in [-0.3, -0.25) is 14.4 Å². The average molecular weight is 320 g/mol. The Labute approximate surface area is 131 Å². The lowest BCUT2D eigenvalue weighted by Crippen LogP contribution is -2.56. The number of aliphatic carboxylic acids is 1. The van der Waals surface area contributed by atoms with Crippen LogP contribution < -0.4 is 5.32 Å². The van der Waals surface area contributed by atoms with E-state index in [2.05, 4.69) is 5.32 Å². The number of rotatable bonds is 4. The number of carboxylic acid groups (broad SMARTS) is 1. The first-order chi connectivity index (χ1) is 10.4. The van der Waals surface area contributed by atoms with Gasteiger partial charge in [-0.1, -0.05) is 18.2 Å². The third kappa shape index (κ3) is 2.16. The van der Waals surface area contributed by atoms with Crippen molar-refractivity contribution in [3.8, 4) is 0 Å². The third-order valence-electron chi connectivity index (χ3n) is 4.08. The molecule has 1 fully saturated rings. The van der Waals surface area contributed by atoms with E-state index in [0.717, 1.165) is 5.56 Å². The minimum absolute atomic E-state index is 0.0636. The maximum Gasteiger partial charge on any atom is 0.305 e. The summed E-state index contributed by atoms with van der Waals surface area (Å²) < 4.78 is 0. The van der Waals surface area contributed by atoms with E-state index in [0.29, 0.717) is 11.3 Å². The second-order valence-corrected chi connectivity index (χ2v) is 6.67. The molecule has 22 heavy (non-hydrogen) atoms. The molecule has 116 valence electrons. The van der Waals surface area contributed by atoms with E-state index in [1.165, 1.54) is 0 Å². The lowest BCUT2D eigenvalue weighted by atomic mass is 10.0. The molecule has 0 radical (unpaired) electrons. The van der Waals surface area contributed by atoms with Gasteiger partial charge in [0.15, 0.2) is 0 Å². The number of nitrogens with zero attached hydrogens (tertiary/aromatic N) is 1. The van der Waals surface area contributed by atoms with Crippen molar-refractivity contribution in [1.82, 2.24) is 10.2 Å². The molecule has 1 saturated heterocycles. The Bertz CT molecular complexity index is 663. The lowest BCUT2D eigenvalue weighted by Gasteiger charge is -2.32. The minimum Gasteiger partial charge on any atom is -0.481 e. The second-order valence-electron chi connectivity index (χ2n) is 5.60. The van der Waals surface area contributed by atoms with Crippen LogP contribution in [-0.4, -0.2) is 45.6 Å².